The fraction of sp³-hybridized carbons (Fsp3) is 0.344. The van der Waals surface area contributed by atoms with Crippen LogP contribution in [0.1, 0.15) is 59.9 Å². The molecule has 1 saturated heterocycles. The Morgan fingerprint density at radius 3 is 2.40 bits per heavy atom. The lowest BCUT2D eigenvalue weighted by Gasteiger charge is -2.30. The summed E-state index contributed by atoms with van der Waals surface area (Å²) in [6.45, 7) is 5.65. The van der Waals surface area contributed by atoms with Crippen molar-refractivity contribution in [2.24, 2.45) is 0 Å². The lowest BCUT2D eigenvalue weighted by atomic mass is 10.1. The number of rotatable bonds is 7. The fourth-order valence-corrected chi connectivity index (χ4v) is 4.51. The molecule has 2 amide bonds. The molecule has 1 heterocycles. The number of esters is 1. The molecule has 222 valence electrons. The number of nitrogens with zero attached hydrogens (tertiary/aromatic N) is 1. The molecule has 1 aliphatic heterocycles. The van der Waals surface area contributed by atoms with E-state index in [-0.39, 0.29) is 35.8 Å². The maximum atomic E-state index is 14.8. The van der Waals surface area contributed by atoms with Crippen molar-refractivity contribution in [3.05, 3.63) is 95.3 Å². The lowest BCUT2D eigenvalue weighted by Crippen LogP contribution is -2.51. The number of phenols is 1. The van der Waals surface area contributed by atoms with Crippen LogP contribution in [0.25, 0.3) is 0 Å². The highest BCUT2D eigenvalue weighted by Gasteiger charge is 2.35. The molecule has 0 bridgehead atoms. The van der Waals surface area contributed by atoms with E-state index in [4.69, 9.17) is 14.2 Å². The van der Waals surface area contributed by atoms with Gasteiger partial charge in [-0.25, -0.2) is 14.0 Å². The molecule has 0 unspecified atom stereocenters. The number of likely N-dealkylation sites (tertiary alicyclic amines) is 1. The van der Waals surface area contributed by atoms with Crippen molar-refractivity contribution in [2.75, 3.05) is 13.1 Å². The minimum absolute atomic E-state index is 0.00399. The average molecular weight is 579 g/mol. The van der Waals surface area contributed by atoms with Gasteiger partial charge in [0.15, 0.2) is 11.6 Å². The first-order chi connectivity index (χ1) is 20.0. The van der Waals surface area contributed by atoms with Crippen LogP contribution in [0.3, 0.4) is 0 Å². The van der Waals surface area contributed by atoms with Crippen LogP contribution < -0.4 is 10.1 Å². The number of halogens is 1. The Kier molecular flexibility index (Phi) is 9.67. The van der Waals surface area contributed by atoms with Gasteiger partial charge in [0.2, 0.25) is 0 Å². The molecular formula is C32H35FN2O7. The predicted molar refractivity (Wildman–Crippen MR) is 153 cm³/mol. The predicted octanol–water partition coefficient (Wildman–Crippen LogP) is 5.47. The second-order valence-corrected chi connectivity index (χ2v) is 11.0. The average Bonchev–Trinajstić information content (AvgIpc) is 3.14. The van der Waals surface area contributed by atoms with Crippen molar-refractivity contribution in [2.45, 2.75) is 58.0 Å². The number of hydrogen-bond acceptors (Lipinski definition) is 7. The minimum atomic E-state index is -0.851. The third-order valence-corrected chi connectivity index (χ3v) is 6.55. The number of amides is 2. The Labute approximate surface area is 244 Å². The molecular weight excluding hydrogens is 543 g/mol. The van der Waals surface area contributed by atoms with Gasteiger partial charge in [-0.2, -0.15) is 0 Å². The molecule has 1 fully saturated rings. The van der Waals surface area contributed by atoms with Gasteiger partial charge in [0, 0.05) is 18.7 Å². The lowest BCUT2D eigenvalue weighted by molar-refractivity contribution is 0.0124. The SMILES string of the molecule is CC(C)(C)OC(=O)N1CCC[C@@H](OC(=O)c2cccc(F)c2OCc2ccccc2)[C@H](NC(=O)c2ccc(O)cc2)C1. The third-order valence-electron chi connectivity index (χ3n) is 6.55. The molecule has 2 N–H and O–H groups in total. The van der Waals surface area contributed by atoms with Gasteiger partial charge in [-0.1, -0.05) is 36.4 Å². The van der Waals surface area contributed by atoms with Gasteiger partial charge < -0.3 is 29.5 Å². The van der Waals surface area contributed by atoms with E-state index in [0.29, 0.717) is 19.4 Å². The van der Waals surface area contributed by atoms with Crippen molar-refractivity contribution in [1.29, 1.82) is 0 Å². The zero-order chi connectivity index (χ0) is 30.3. The summed E-state index contributed by atoms with van der Waals surface area (Å²) < 4.78 is 32.0. The largest absolute Gasteiger partial charge is 0.508 e. The molecule has 0 aromatic heterocycles. The zero-order valence-electron chi connectivity index (χ0n) is 23.8. The molecule has 1 aliphatic rings. The summed E-state index contributed by atoms with van der Waals surface area (Å²) in [5.41, 5.74) is 0.242. The van der Waals surface area contributed by atoms with E-state index in [1.165, 1.54) is 47.4 Å². The second kappa shape index (κ2) is 13.4. The van der Waals surface area contributed by atoms with Crippen LogP contribution in [-0.2, 0) is 16.1 Å². The van der Waals surface area contributed by atoms with Crippen molar-refractivity contribution in [3.63, 3.8) is 0 Å². The van der Waals surface area contributed by atoms with Crippen molar-refractivity contribution < 1.29 is 38.1 Å². The Morgan fingerprint density at radius 1 is 1.00 bits per heavy atom. The highest BCUT2D eigenvalue weighted by Crippen LogP contribution is 2.27. The van der Waals surface area contributed by atoms with Gasteiger partial charge in [0.1, 0.15) is 29.6 Å². The topological polar surface area (TPSA) is 114 Å². The molecule has 2 atom stereocenters. The van der Waals surface area contributed by atoms with E-state index < -0.39 is 41.5 Å². The smallest absolute Gasteiger partial charge is 0.410 e. The molecule has 0 spiro atoms. The second-order valence-electron chi connectivity index (χ2n) is 11.0. The van der Waals surface area contributed by atoms with Gasteiger partial charge in [0.25, 0.3) is 5.91 Å². The number of carbonyl (C=O) groups excluding carboxylic acids is 3. The molecule has 3 aromatic rings. The number of carbonyl (C=O) groups is 3. The number of ether oxygens (including phenoxy) is 3. The summed E-state index contributed by atoms with van der Waals surface area (Å²) in [5, 5.41) is 12.5. The number of para-hydroxylation sites is 1. The molecule has 4 rings (SSSR count). The van der Waals surface area contributed by atoms with Gasteiger partial charge in [-0.05, 0) is 75.6 Å². The van der Waals surface area contributed by atoms with Crippen LogP contribution in [0, 0.1) is 5.82 Å². The summed E-state index contributed by atoms with van der Waals surface area (Å²) in [6.07, 6.45) is -0.624. The summed E-state index contributed by atoms with van der Waals surface area (Å²) in [5.74, 6) is -2.25. The monoisotopic (exact) mass is 578 g/mol. The van der Waals surface area contributed by atoms with E-state index >= 15 is 0 Å². The first-order valence-corrected chi connectivity index (χ1v) is 13.7. The molecule has 0 radical (unpaired) electrons. The number of hydrogen-bond donors (Lipinski definition) is 2. The maximum Gasteiger partial charge on any atom is 0.410 e. The van der Waals surface area contributed by atoms with Crippen molar-refractivity contribution >= 4 is 18.0 Å². The summed E-state index contributed by atoms with van der Waals surface area (Å²) >= 11 is 0. The summed E-state index contributed by atoms with van der Waals surface area (Å²) in [4.78, 5) is 41.0. The third kappa shape index (κ3) is 8.22. The van der Waals surface area contributed by atoms with Gasteiger partial charge in [-0.3, -0.25) is 4.79 Å². The molecule has 0 aliphatic carbocycles. The van der Waals surface area contributed by atoms with E-state index in [1.807, 2.05) is 30.3 Å². The van der Waals surface area contributed by atoms with Crippen LogP contribution in [-0.4, -0.2) is 58.8 Å². The Hall–Kier alpha value is -4.60. The Balaban J connectivity index is 1.56. The fourth-order valence-electron chi connectivity index (χ4n) is 4.51. The Bertz CT molecular complexity index is 1390. The highest BCUT2D eigenvalue weighted by atomic mass is 19.1. The molecule has 9 nitrogen and oxygen atoms in total. The quantitative estimate of drug-likeness (QED) is 0.358. The van der Waals surface area contributed by atoms with Gasteiger partial charge >= 0.3 is 12.1 Å². The molecule has 10 heteroatoms. The van der Waals surface area contributed by atoms with Gasteiger partial charge in [0.05, 0.1) is 6.04 Å². The van der Waals surface area contributed by atoms with E-state index in [2.05, 4.69) is 5.32 Å². The molecule has 3 aromatic carbocycles. The molecule has 0 saturated carbocycles. The van der Waals surface area contributed by atoms with Crippen molar-refractivity contribution in [3.8, 4) is 11.5 Å². The molecule has 42 heavy (non-hydrogen) atoms. The number of aromatic hydroxyl groups is 1. The summed E-state index contributed by atoms with van der Waals surface area (Å²) in [7, 11) is 0. The van der Waals surface area contributed by atoms with Crippen LogP contribution in [0.2, 0.25) is 0 Å². The summed E-state index contributed by atoms with van der Waals surface area (Å²) in [6, 6.07) is 18.0. The highest BCUT2D eigenvalue weighted by molar-refractivity contribution is 5.95. The Morgan fingerprint density at radius 2 is 1.71 bits per heavy atom. The number of phenolic OH excluding ortho intramolecular Hbond substituents is 1. The van der Waals surface area contributed by atoms with Crippen LogP contribution in [0.5, 0.6) is 11.5 Å². The van der Waals surface area contributed by atoms with Crippen molar-refractivity contribution in [1.82, 2.24) is 10.2 Å². The maximum absolute atomic E-state index is 14.8. The van der Waals surface area contributed by atoms with Gasteiger partial charge in [-0.15, -0.1) is 0 Å². The van der Waals surface area contributed by atoms with E-state index in [1.54, 1.807) is 20.8 Å². The first-order valence-electron chi connectivity index (χ1n) is 13.7. The number of nitrogens with one attached hydrogen (secondary N) is 1. The van der Waals surface area contributed by atoms with Crippen LogP contribution in [0.15, 0.2) is 72.8 Å². The normalized spacial score (nSPS) is 17.1. The number of benzene rings is 3. The minimum Gasteiger partial charge on any atom is -0.508 e. The van der Waals surface area contributed by atoms with Crippen LogP contribution in [0.4, 0.5) is 9.18 Å². The zero-order valence-corrected chi connectivity index (χ0v) is 23.8. The van der Waals surface area contributed by atoms with E-state index in [9.17, 15) is 23.9 Å². The standard InChI is InChI=1S/C32H35FN2O7/c1-32(2,3)42-31(39)35-18-8-13-27(26(19-35)34-29(37)22-14-16-23(36)17-15-22)41-30(38)24-11-7-12-25(33)28(24)40-20-21-9-5-4-6-10-21/h4-7,9-12,14-17,26-27,36H,8,13,18-20H2,1-3H3,(H,34,37)/t26-,27-/m1/s1. The van der Waals surface area contributed by atoms with E-state index in [0.717, 1.165) is 5.56 Å². The first kappa shape index (κ1) is 30.4. The van der Waals surface area contributed by atoms with Crippen LogP contribution >= 0.6 is 0 Å².